The normalized spacial score (nSPS) is 16.7. The van der Waals surface area contributed by atoms with Crippen molar-refractivity contribution < 1.29 is 24.1 Å². The molecular weight excluding hydrogens is 465 g/mol. The second-order valence-electron chi connectivity index (χ2n) is 8.60. The summed E-state index contributed by atoms with van der Waals surface area (Å²) in [6.45, 7) is 1.27. The van der Waals surface area contributed by atoms with E-state index in [1.165, 1.54) is 6.92 Å². The first-order valence-corrected chi connectivity index (χ1v) is 11.5. The zero-order chi connectivity index (χ0) is 24.3. The van der Waals surface area contributed by atoms with Gasteiger partial charge in [-0.1, -0.05) is 78.9 Å². The van der Waals surface area contributed by atoms with E-state index in [4.69, 9.17) is 14.3 Å². The Balaban J connectivity index is 0.00000304. The van der Waals surface area contributed by atoms with E-state index in [2.05, 4.69) is 4.89 Å². The topological polar surface area (TPSA) is 81.8 Å². The fourth-order valence-corrected chi connectivity index (χ4v) is 4.41. The van der Waals surface area contributed by atoms with Crippen LogP contribution in [-0.4, -0.2) is 51.2 Å². The summed E-state index contributed by atoms with van der Waals surface area (Å²) in [6, 6.07) is 26.9. The zero-order valence-corrected chi connectivity index (χ0v) is 22.3. The van der Waals surface area contributed by atoms with Crippen LogP contribution < -0.4 is 4.89 Å². The van der Waals surface area contributed by atoms with E-state index in [1.807, 2.05) is 72.8 Å². The van der Waals surface area contributed by atoms with Crippen LogP contribution in [0.4, 0.5) is 0 Å². The van der Waals surface area contributed by atoms with E-state index in [0.717, 1.165) is 22.4 Å². The number of hydrogen-bond donors (Lipinski definition) is 1. The van der Waals surface area contributed by atoms with Gasteiger partial charge in [-0.25, -0.2) is 9.78 Å². The molecule has 1 aromatic heterocycles. The number of hydrogen-bond acceptors (Lipinski definition) is 6. The molecule has 7 heteroatoms. The summed E-state index contributed by atoms with van der Waals surface area (Å²) in [5, 5.41) is 11.7. The molecule has 0 spiro atoms. The Bertz CT molecular complexity index is 1310. The Morgan fingerprint density at radius 2 is 1.69 bits per heavy atom. The van der Waals surface area contributed by atoms with Crippen LogP contribution in [-0.2, 0) is 16.1 Å². The van der Waals surface area contributed by atoms with Crippen molar-refractivity contribution in [3.05, 3.63) is 102 Å². The molecule has 0 saturated heterocycles. The van der Waals surface area contributed by atoms with Crippen LogP contribution >= 0.6 is 0 Å². The predicted octanol–water partition coefficient (Wildman–Crippen LogP) is 5.64. The van der Waals surface area contributed by atoms with Gasteiger partial charge in [-0.05, 0) is 30.5 Å². The summed E-state index contributed by atoms with van der Waals surface area (Å²) < 4.78 is 6.34. The molecule has 0 fully saturated rings. The predicted molar refractivity (Wildman–Crippen MR) is 138 cm³/mol. The summed E-state index contributed by atoms with van der Waals surface area (Å²) in [6.07, 6.45) is 3.58. The first-order chi connectivity index (χ1) is 17.0. The Morgan fingerprint density at radius 1 is 1.00 bits per heavy atom. The number of nitrogens with zero attached hydrogens (tertiary/aromatic N) is 1. The van der Waals surface area contributed by atoms with Crippen molar-refractivity contribution in [2.24, 2.45) is 0 Å². The minimum atomic E-state index is -1.16. The fourth-order valence-electron chi connectivity index (χ4n) is 4.41. The molecule has 1 radical (unpaired) electrons. The maximum absolute atomic E-state index is 11.7. The molecule has 36 heavy (non-hydrogen) atoms. The maximum Gasteiger partial charge on any atom is 0.352 e. The van der Waals surface area contributed by atoms with Gasteiger partial charge in [-0.3, -0.25) is 9.78 Å². The van der Waals surface area contributed by atoms with Crippen LogP contribution in [0.2, 0.25) is 0 Å². The van der Waals surface area contributed by atoms with Crippen molar-refractivity contribution in [3.63, 3.8) is 0 Å². The maximum atomic E-state index is 11.7. The molecule has 1 N–H and O–H groups in total. The Hall–Kier alpha value is -3.16. The van der Waals surface area contributed by atoms with Gasteiger partial charge in [-0.15, -0.1) is 0 Å². The second kappa shape index (κ2) is 11.3. The number of rotatable bonds is 7. The Morgan fingerprint density at radius 3 is 2.39 bits per heavy atom. The molecule has 0 aliphatic heterocycles. The van der Waals surface area contributed by atoms with E-state index < -0.39 is 11.6 Å². The first kappa shape index (κ1) is 25.9. The van der Waals surface area contributed by atoms with Crippen molar-refractivity contribution >= 4 is 41.1 Å². The molecule has 177 valence electrons. The summed E-state index contributed by atoms with van der Waals surface area (Å²) >= 11 is 0. The van der Waals surface area contributed by atoms with Gasteiger partial charge in [0.05, 0.1) is 5.60 Å². The smallest absolute Gasteiger partial charge is 0.352 e. The second-order valence-corrected chi connectivity index (χ2v) is 8.60. The molecule has 6 nitrogen and oxygen atoms in total. The third kappa shape index (κ3) is 5.63. The van der Waals surface area contributed by atoms with Crippen LogP contribution in [0.3, 0.4) is 0 Å². The van der Waals surface area contributed by atoms with E-state index in [-0.39, 0.29) is 29.6 Å². The minimum absolute atomic E-state index is 0. The molecule has 1 aliphatic rings. The number of carbonyl (C=O) groups is 1. The van der Waals surface area contributed by atoms with Gasteiger partial charge >= 0.3 is 5.97 Å². The Kier molecular flexibility index (Phi) is 8.11. The van der Waals surface area contributed by atoms with Gasteiger partial charge in [0.15, 0.2) is 11.5 Å². The number of benzene rings is 3. The minimum Gasteiger partial charge on any atom is -0.436 e. The van der Waals surface area contributed by atoms with Crippen LogP contribution in [0, 0.1) is 0 Å². The molecule has 1 heterocycles. The summed E-state index contributed by atoms with van der Waals surface area (Å²) in [5.41, 5.74) is 2.94. The molecule has 0 saturated carbocycles. The molecular formula is C29H25NNaO5. The molecule has 0 bridgehead atoms. The summed E-state index contributed by atoms with van der Waals surface area (Å²) in [7, 11) is 0. The number of aliphatic hydroxyl groups is 1. The molecule has 3 aromatic carbocycles. The van der Waals surface area contributed by atoms with E-state index in [1.54, 1.807) is 18.2 Å². The van der Waals surface area contributed by atoms with Crippen LogP contribution in [0.5, 0.6) is 5.75 Å². The Labute approximate surface area is 231 Å². The molecule has 0 amide bonds. The molecule has 0 unspecified atom stereocenters. The van der Waals surface area contributed by atoms with Gasteiger partial charge in [0.25, 0.3) is 0 Å². The van der Waals surface area contributed by atoms with Crippen LogP contribution in [0.25, 0.3) is 28.2 Å². The average molecular weight is 491 g/mol. The standard InChI is InChI=1S/C29H25NO5.Na/c1-20(31)34-35-24-15-8-10-21(18-24)19-29(32)17-9-16-25(29)28-30-26(22-11-4-2-5-12-22)27(33-28)23-13-6-3-7-14-23;/h2-8,10-16,18,32H,9,17,19H2,1H3;/t29-;/m1./s1. The molecule has 4 aromatic rings. The number of allylic oxidation sites excluding steroid dienone is 1. The number of oxazole rings is 1. The SMILES string of the molecule is CC(=O)OOc1cccc(C[C@]2(O)CCC=C2c2nc(-c3ccccc3)c(-c3ccccc3)o2)c1.[Na]. The zero-order valence-electron chi connectivity index (χ0n) is 20.3. The van der Waals surface area contributed by atoms with Gasteiger partial charge in [0, 0.05) is 59.6 Å². The van der Waals surface area contributed by atoms with E-state index in [9.17, 15) is 9.90 Å². The quantitative estimate of drug-likeness (QED) is 0.205. The third-order valence-electron chi connectivity index (χ3n) is 6.00. The van der Waals surface area contributed by atoms with Crippen LogP contribution in [0.1, 0.15) is 31.2 Å². The van der Waals surface area contributed by atoms with E-state index >= 15 is 0 Å². The van der Waals surface area contributed by atoms with E-state index in [0.29, 0.717) is 42.2 Å². The van der Waals surface area contributed by atoms with Crippen LogP contribution in [0.15, 0.2) is 95.4 Å². The number of aromatic nitrogens is 1. The number of carbonyl (C=O) groups excluding carboxylic acids is 1. The monoisotopic (exact) mass is 490 g/mol. The first-order valence-electron chi connectivity index (χ1n) is 11.5. The summed E-state index contributed by atoms with van der Waals surface area (Å²) in [5.74, 6) is 0.926. The van der Waals surface area contributed by atoms with Gasteiger partial charge in [-0.2, -0.15) is 0 Å². The largest absolute Gasteiger partial charge is 0.436 e. The van der Waals surface area contributed by atoms with Gasteiger partial charge in [0.2, 0.25) is 5.89 Å². The molecule has 5 rings (SSSR count). The van der Waals surface area contributed by atoms with Crippen molar-refractivity contribution in [3.8, 4) is 28.3 Å². The van der Waals surface area contributed by atoms with Gasteiger partial charge in [0.1, 0.15) is 5.69 Å². The third-order valence-corrected chi connectivity index (χ3v) is 6.00. The molecule has 1 aliphatic carbocycles. The average Bonchev–Trinajstić information content (AvgIpc) is 3.48. The fraction of sp³-hybridized carbons (Fsp3) is 0.172. The van der Waals surface area contributed by atoms with Crippen molar-refractivity contribution in [2.75, 3.05) is 0 Å². The van der Waals surface area contributed by atoms with Crippen molar-refractivity contribution in [1.29, 1.82) is 0 Å². The summed E-state index contributed by atoms with van der Waals surface area (Å²) in [4.78, 5) is 25.6. The molecule has 1 atom stereocenters. The van der Waals surface area contributed by atoms with Crippen molar-refractivity contribution in [2.45, 2.75) is 31.8 Å². The van der Waals surface area contributed by atoms with Gasteiger partial charge < -0.3 is 9.52 Å². The van der Waals surface area contributed by atoms with Crippen molar-refractivity contribution in [1.82, 2.24) is 4.98 Å².